The summed E-state index contributed by atoms with van der Waals surface area (Å²) < 4.78 is 65.5. The van der Waals surface area contributed by atoms with E-state index in [4.69, 9.17) is 11.6 Å². The highest BCUT2D eigenvalue weighted by atomic mass is 35.5. The van der Waals surface area contributed by atoms with E-state index in [1.165, 1.54) is 0 Å². The molecule has 0 heterocycles. The molecule has 0 aliphatic rings. The van der Waals surface area contributed by atoms with Gasteiger partial charge in [0.2, 0.25) is 10.0 Å². The van der Waals surface area contributed by atoms with Crippen molar-refractivity contribution >= 4 is 27.3 Å². The summed E-state index contributed by atoms with van der Waals surface area (Å²) in [6, 6.07) is 2.75. The number of hydrogen-bond acceptors (Lipinski definition) is 3. The Balaban J connectivity index is 2.85. The number of anilines is 1. The molecule has 0 aliphatic carbocycles. The molecule has 0 saturated carbocycles. The predicted molar refractivity (Wildman–Crippen MR) is 61.2 cm³/mol. The molecule has 0 fully saturated rings. The predicted octanol–water partition coefficient (Wildman–Crippen LogP) is 2.41. The van der Waals surface area contributed by atoms with Crippen molar-refractivity contribution in [2.75, 3.05) is 16.4 Å². The fourth-order valence-corrected chi connectivity index (χ4v) is 2.49. The highest BCUT2D eigenvalue weighted by Gasteiger charge is 2.13. The summed E-state index contributed by atoms with van der Waals surface area (Å²) >= 11 is 5.27. The molecule has 9 heteroatoms. The van der Waals surface area contributed by atoms with Gasteiger partial charge >= 0.3 is 6.61 Å². The number of nitrogens with one attached hydrogen (secondary N) is 1. The van der Waals surface area contributed by atoms with Crippen LogP contribution in [0.4, 0.5) is 18.9 Å². The molecule has 0 atom stereocenters. The second-order valence-corrected chi connectivity index (χ2v) is 5.35. The smallest absolute Gasteiger partial charge is 0.387 e. The first-order valence-corrected chi connectivity index (χ1v) is 6.83. The van der Waals surface area contributed by atoms with E-state index in [9.17, 15) is 21.6 Å². The Bertz CT molecular complexity index is 510. The molecule has 0 spiro atoms. The van der Waals surface area contributed by atoms with Gasteiger partial charge in [-0.1, -0.05) is 0 Å². The summed E-state index contributed by atoms with van der Waals surface area (Å²) in [6.07, 6.45) is 0. The van der Waals surface area contributed by atoms with Crippen LogP contribution in [-0.2, 0) is 10.0 Å². The van der Waals surface area contributed by atoms with E-state index < -0.39 is 28.2 Å². The van der Waals surface area contributed by atoms with Gasteiger partial charge in [-0.05, 0) is 12.1 Å². The standard InChI is InChI=1S/C9H9ClF3NO3S/c10-3-4-18(15,16)14-6-1-2-8(7(11)5-6)17-9(12)13/h1-2,5,9,14H,3-4H2. The minimum atomic E-state index is -3.67. The third-order valence-corrected chi connectivity index (χ3v) is 3.47. The molecule has 102 valence electrons. The molecule has 0 radical (unpaired) electrons. The van der Waals surface area contributed by atoms with Crippen LogP contribution in [0.15, 0.2) is 18.2 Å². The van der Waals surface area contributed by atoms with Crippen LogP contribution in [0.25, 0.3) is 0 Å². The number of benzene rings is 1. The minimum absolute atomic E-state index is 0.0979. The van der Waals surface area contributed by atoms with Crippen LogP contribution < -0.4 is 9.46 Å². The Hall–Kier alpha value is -1.15. The van der Waals surface area contributed by atoms with E-state index in [0.29, 0.717) is 0 Å². The van der Waals surface area contributed by atoms with Crippen LogP contribution in [0.5, 0.6) is 5.75 Å². The fourth-order valence-electron chi connectivity index (χ4n) is 1.09. The van der Waals surface area contributed by atoms with E-state index in [1.807, 2.05) is 4.72 Å². The van der Waals surface area contributed by atoms with Crippen molar-refractivity contribution in [3.8, 4) is 5.75 Å². The zero-order valence-electron chi connectivity index (χ0n) is 8.87. The molecule has 1 aromatic rings. The molecular formula is C9H9ClF3NO3S. The SMILES string of the molecule is O=S(=O)(CCCl)Nc1ccc(OC(F)F)c(F)c1. The first kappa shape index (κ1) is 14.9. The molecule has 0 aromatic heterocycles. The zero-order valence-corrected chi connectivity index (χ0v) is 10.4. The van der Waals surface area contributed by atoms with E-state index in [2.05, 4.69) is 4.74 Å². The average molecular weight is 304 g/mol. The monoisotopic (exact) mass is 303 g/mol. The highest BCUT2D eigenvalue weighted by Crippen LogP contribution is 2.23. The van der Waals surface area contributed by atoms with Gasteiger partial charge < -0.3 is 4.74 Å². The topological polar surface area (TPSA) is 55.4 Å². The van der Waals surface area contributed by atoms with Gasteiger partial charge in [0, 0.05) is 11.9 Å². The van der Waals surface area contributed by atoms with Gasteiger partial charge in [0.25, 0.3) is 0 Å². The number of hydrogen-bond donors (Lipinski definition) is 1. The van der Waals surface area contributed by atoms with Crippen molar-refractivity contribution in [2.45, 2.75) is 6.61 Å². The first-order valence-electron chi connectivity index (χ1n) is 4.65. The molecular weight excluding hydrogens is 295 g/mol. The van der Waals surface area contributed by atoms with Gasteiger partial charge in [-0.2, -0.15) is 8.78 Å². The number of sulfonamides is 1. The Morgan fingerprint density at radius 1 is 1.39 bits per heavy atom. The molecule has 1 N–H and O–H groups in total. The molecule has 4 nitrogen and oxygen atoms in total. The summed E-state index contributed by atoms with van der Waals surface area (Å²) in [4.78, 5) is 0. The summed E-state index contributed by atoms with van der Waals surface area (Å²) in [5, 5.41) is 0. The Kier molecular flexibility index (Phi) is 5.09. The van der Waals surface area contributed by atoms with E-state index in [0.717, 1.165) is 18.2 Å². The third kappa shape index (κ3) is 4.61. The molecule has 0 aliphatic heterocycles. The molecule has 0 bridgehead atoms. The molecule has 0 unspecified atom stereocenters. The van der Waals surface area contributed by atoms with Crippen molar-refractivity contribution < 1.29 is 26.3 Å². The van der Waals surface area contributed by atoms with Crippen LogP contribution in [0.3, 0.4) is 0 Å². The maximum absolute atomic E-state index is 13.3. The average Bonchev–Trinajstić information content (AvgIpc) is 2.20. The van der Waals surface area contributed by atoms with Gasteiger partial charge in [0.05, 0.1) is 11.4 Å². The molecule has 0 saturated heterocycles. The van der Waals surface area contributed by atoms with Gasteiger partial charge in [-0.25, -0.2) is 12.8 Å². The lowest BCUT2D eigenvalue weighted by molar-refractivity contribution is -0.0521. The lowest BCUT2D eigenvalue weighted by Gasteiger charge is -2.09. The van der Waals surface area contributed by atoms with E-state index >= 15 is 0 Å². The fraction of sp³-hybridized carbons (Fsp3) is 0.333. The summed E-state index contributed by atoms with van der Waals surface area (Å²) in [7, 11) is -3.67. The highest BCUT2D eigenvalue weighted by molar-refractivity contribution is 7.92. The van der Waals surface area contributed by atoms with Gasteiger partial charge in [0.1, 0.15) is 0 Å². The zero-order chi connectivity index (χ0) is 13.8. The molecule has 18 heavy (non-hydrogen) atoms. The van der Waals surface area contributed by atoms with Gasteiger partial charge in [-0.15, -0.1) is 11.6 Å². The van der Waals surface area contributed by atoms with Crippen LogP contribution in [0, 0.1) is 5.82 Å². The number of halogens is 4. The molecule has 0 amide bonds. The van der Waals surface area contributed by atoms with E-state index in [1.54, 1.807) is 0 Å². The van der Waals surface area contributed by atoms with E-state index in [-0.39, 0.29) is 17.3 Å². The maximum Gasteiger partial charge on any atom is 0.387 e. The number of rotatable bonds is 6. The van der Waals surface area contributed by atoms with Crippen LogP contribution in [-0.4, -0.2) is 26.7 Å². The van der Waals surface area contributed by atoms with Crippen molar-refractivity contribution in [3.63, 3.8) is 0 Å². The first-order chi connectivity index (χ1) is 8.34. The van der Waals surface area contributed by atoms with Gasteiger partial charge in [0.15, 0.2) is 11.6 Å². The summed E-state index contributed by atoms with van der Waals surface area (Å²) in [5.41, 5.74) is -0.0979. The van der Waals surface area contributed by atoms with Crippen molar-refractivity contribution in [1.82, 2.24) is 0 Å². The summed E-state index contributed by atoms with van der Waals surface area (Å²) in [6.45, 7) is -3.15. The largest absolute Gasteiger partial charge is 0.432 e. The Morgan fingerprint density at radius 3 is 2.56 bits per heavy atom. The summed E-state index contributed by atoms with van der Waals surface area (Å²) in [5.74, 6) is -2.22. The van der Waals surface area contributed by atoms with Crippen molar-refractivity contribution in [2.24, 2.45) is 0 Å². The van der Waals surface area contributed by atoms with Crippen molar-refractivity contribution in [3.05, 3.63) is 24.0 Å². The van der Waals surface area contributed by atoms with Gasteiger partial charge in [-0.3, -0.25) is 4.72 Å². The Morgan fingerprint density at radius 2 is 2.06 bits per heavy atom. The lowest BCUT2D eigenvalue weighted by Crippen LogP contribution is -2.17. The normalized spacial score (nSPS) is 11.6. The Labute approximate surface area is 107 Å². The quantitative estimate of drug-likeness (QED) is 0.821. The second-order valence-electron chi connectivity index (χ2n) is 3.13. The lowest BCUT2D eigenvalue weighted by atomic mass is 10.3. The second kappa shape index (κ2) is 6.14. The van der Waals surface area contributed by atoms with Crippen LogP contribution in [0.2, 0.25) is 0 Å². The number of ether oxygens (including phenoxy) is 1. The minimum Gasteiger partial charge on any atom is -0.432 e. The number of alkyl halides is 3. The van der Waals surface area contributed by atoms with Crippen LogP contribution in [0.1, 0.15) is 0 Å². The maximum atomic E-state index is 13.3. The van der Waals surface area contributed by atoms with Crippen molar-refractivity contribution in [1.29, 1.82) is 0 Å². The molecule has 1 rings (SSSR count). The molecule has 1 aromatic carbocycles. The third-order valence-electron chi connectivity index (χ3n) is 1.77. The van der Waals surface area contributed by atoms with Crippen LogP contribution >= 0.6 is 11.6 Å².